The smallest absolute Gasteiger partial charge is 0.339 e. The number of rotatable bonds is 3. The number of carbonyl (C=O) groups is 1. The number of pyridine rings is 1. The summed E-state index contributed by atoms with van der Waals surface area (Å²) in [6.07, 6.45) is 6.59. The first-order valence-electron chi connectivity index (χ1n) is 5.10. The first-order valence-corrected chi connectivity index (χ1v) is 5.10. The molecule has 1 aromatic heterocycles. The number of hydrogen-bond donors (Lipinski definition) is 1. The van der Waals surface area contributed by atoms with Crippen molar-refractivity contribution in [2.24, 2.45) is 0 Å². The number of carboxylic acids is 1. The van der Waals surface area contributed by atoms with E-state index in [4.69, 9.17) is 5.11 Å². The number of aromatic nitrogens is 1. The number of hydrogen-bond acceptors (Lipinski definition) is 3. The Labute approximate surface area is 88.6 Å². The van der Waals surface area contributed by atoms with E-state index in [0.717, 1.165) is 18.5 Å². The van der Waals surface area contributed by atoms with E-state index in [9.17, 15) is 4.79 Å². The maximum absolute atomic E-state index is 11.0. The van der Waals surface area contributed by atoms with E-state index < -0.39 is 5.97 Å². The van der Waals surface area contributed by atoms with E-state index in [1.807, 2.05) is 7.05 Å². The fraction of sp³-hybridized carbons (Fsp3) is 0.455. The highest BCUT2D eigenvalue weighted by molar-refractivity contribution is 5.94. The Morgan fingerprint density at radius 1 is 1.60 bits per heavy atom. The molecule has 1 heterocycles. The lowest BCUT2D eigenvalue weighted by Crippen LogP contribution is -2.37. The summed E-state index contributed by atoms with van der Waals surface area (Å²) < 4.78 is 0. The lowest BCUT2D eigenvalue weighted by molar-refractivity contribution is 0.0697. The van der Waals surface area contributed by atoms with Gasteiger partial charge in [-0.1, -0.05) is 0 Å². The summed E-state index contributed by atoms with van der Waals surface area (Å²) in [6.45, 7) is 0. The molecule has 0 radical (unpaired) electrons. The molecule has 0 unspecified atom stereocenters. The van der Waals surface area contributed by atoms with Crippen molar-refractivity contribution in [1.82, 2.24) is 4.98 Å². The third kappa shape index (κ3) is 1.79. The Bertz CT molecular complexity index is 375. The van der Waals surface area contributed by atoms with Crippen LogP contribution in [0.15, 0.2) is 18.5 Å². The van der Waals surface area contributed by atoms with E-state index in [2.05, 4.69) is 9.88 Å². The maximum Gasteiger partial charge on any atom is 0.339 e. The van der Waals surface area contributed by atoms with Crippen molar-refractivity contribution in [3.05, 3.63) is 24.0 Å². The molecule has 0 saturated heterocycles. The summed E-state index contributed by atoms with van der Waals surface area (Å²) >= 11 is 0. The molecule has 4 nitrogen and oxygen atoms in total. The minimum atomic E-state index is -0.913. The highest BCUT2D eigenvalue weighted by Crippen LogP contribution is 2.29. The summed E-state index contributed by atoms with van der Waals surface area (Å²) in [4.78, 5) is 16.9. The predicted molar refractivity (Wildman–Crippen MR) is 57.2 cm³/mol. The van der Waals surface area contributed by atoms with Crippen LogP contribution in [0.4, 0.5) is 5.69 Å². The van der Waals surface area contributed by atoms with Crippen molar-refractivity contribution < 1.29 is 9.90 Å². The van der Waals surface area contributed by atoms with Crippen LogP contribution in [0, 0.1) is 0 Å². The van der Waals surface area contributed by atoms with Crippen LogP contribution in [-0.2, 0) is 0 Å². The van der Waals surface area contributed by atoms with Crippen LogP contribution < -0.4 is 4.90 Å². The van der Waals surface area contributed by atoms with Crippen molar-refractivity contribution >= 4 is 11.7 Å². The molecule has 0 amide bonds. The van der Waals surface area contributed by atoms with Gasteiger partial charge in [-0.15, -0.1) is 0 Å². The quantitative estimate of drug-likeness (QED) is 0.818. The van der Waals surface area contributed by atoms with Gasteiger partial charge in [0.2, 0.25) is 0 Å². The van der Waals surface area contributed by atoms with E-state index in [0.29, 0.717) is 6.04 Å². The number of nitrogens with zero attached hydrogens (tertiary/aromatic N) is 2. The second-order valence-corrected chi connectivity index (χ2v) is 3.89. The summed E-state index contributed by atoms with van der Waals surface area (Å²) in [7, 11) is 1.95. The van der Waals surface area contributed by atoms with Crippen molar-refractivity contribution in [3.8, 4) is 0 Å². The number of anilines is 1. The standard InChI is InChI=1S/C11H14N2O2/c1-13(8-3-2-4-8)10-5-6-12-7-9(10)11(14)15/h5-8H,2-4H2,1H3,(H,14,15). The van der Waals surface area contributed by atoms with E-state index in [-0.39, 0.29) is 5.56 Å². The largest absolute Gasteiger partial charge is 0.478 e. The Morgan fingerprint density at radius 2 is 2.33 bits per heavy atom. The molecule has 0 aliphatic heterocycles. The van der Waals surface area contributed by atoms with Crippen molar-refractivity contribution in [2.45, 2.75) is 25.3 Å². The molecule has 0 aromatic carbocycles. The first-order chi connectivity index (χ1) is 7.20. The van der Waals surface area contributed by atoms with Gasteiger partial charge in [-0.25, -0.2) is 4.79 Å². The second kappa shape index (κ2) is 3.88. The van der Waals surface area contributed by atoms with Crippen LogP contribution in [0.1, 0.15) is 29.6 Å². The van der Waals surface area contributed by atoms with Gasteiger partial charge in [0.05, 0.1) is 5.69 Å². The average molecular weight is 206 g/mol. The van der Waals surface area contributed by atoms with Crippen molar-refractivity contribution in [2.75, 3.05) is 11.9 Å². The molecule has 0 spiro atoms. The molecule has 1 fully saturated rings. The fourth-order valence-corrected chi connectivity index (χ4v) is 1.83. The molecule has 15 heavy (non-hydrogen) atoms. The summed E-state index contributed by atoms with van der Waals surface area (Å²) in [5.74, 6) is -0.913. The highest BCUT2D eigenvalue weighted by atomic mass is 16.4. The van der Waals surface area contributed by atoms with Gasteiger partial charge in [-0.2, -0.15) is 0 Å². The molecular formula is C11H14N2O2. The Morgan fingerprint density at radius 3 is 2.87 bits per heavy atom. The molecule has 1 N–H and O–H groups in total. The third-order valence-electron chi connectivity index (χ3n) is 3.03. The highest BCUT2D eigenvalue weighted by Gasteiger charge is 2.24. The molecule has 1 aliphatic carbocycles. The lowest BCUT2D eigenvalue weighted by atomic mass is 9.91. The van der Waals surface area contributed by atoms with Gasteiger partial charge in [-0.05, 0) is 25.3 Å². The zero-order valence-electron chi connectivity index (χ0n) is 8.68. The molecule has 0 atom stereocenters. The maximum atomic E-state index is 11.0. The minimum Gasteiger partial charge on any atom is -0.478 e. The molecule has 80 valence electrons. The van der Waals surface area contributed by atoms with Gasteiger partial charge in [0.25, 0.3) is 0 Å². The van der Waals surface area contributed by atoms with Crippen LogP contribution >= 0.6 is 0 Å². The van der Waals surface area contributed by atoms with Gasteiger partial charge >= 0.3 is 5.97 Å². The Balaban J connectivity index is 2.29. The molecule has 1 aromatic rings. The number of carboxylic acid groups (broad SMARTS) is 1. The van der Waals surface area contributed by atoms with Crippen LogP contribution in [0.3, 0.4) is 0 Å². The zero-order chi connectivity index (χ0) is 10.8. The van der Waals surface area contributed by atoms with Crippen LogP contribution in [0.5, 0.6) is 0 Å². The SMILES string of the molecule is CN(c1ccncc1C(=O)O)C1CCC1. The second-order valence-electron chi connectivity index (χ2n) is 3.89. The number of aromatic carboxylic acids is 1. The van der Waals surface area contributed by atoms with E-state index in [1.165, 1.54) is 12.6 Å². The minimum absolute atomic E-state index is 0.284. The molecule has 4 heteroatoms. The normalized spacial score (nSPS) is 15.8. The monoisotopic (exact) mass is 206 g/mol. The lowest BCUT2D eigenvalue weighted by Gasteiger charge is -2.36. The van der Waals surface area contributed by atoms with Crippen LogP contribution in [-0.4, -0.2) is 29.1 Å². The van der Waals surface area contributed by atoms with Gasteiger partial charge < -0.3 is 10.0 Å². The van der Waals surface area contributed by atoms with Gasteiger partial charge in [0.1, 0.15) is 5.56 Å². The Hall–Kier alpha value is -1.58. The summed E-state index contributed by atoms with van der Waals surface area (Å²) in [6, 6.07) is 2.26. The van der Waals surface area contributed by atoms with Crippen LogP contribution in [0.2, 0.25) is 0 Å². The zero-order valence-corrected chi connectivity index (χ0v) is 8.68. The summed E-state index contributed by atoms with van der Waals surface area (Å²) in [5, 5.41) is 9.02. The molecule has 1 saturated carbocycles. The van der Waals surface area contributed by atoms with Gasteiger partial charge in [-0.3, -0.25) is 4.98 Å². The van der Waals surface area contributed by atoms with Crippen LogP contribution in [0.25, 0.3) is 0 Å². The third-order valence-corrected chi connectivity index (χ3v) is 3.03. The van der Waals surface area contributed by atoms with Gasteiger partial charge in [0.15, 0.2) is 0 Å². The van der Waals surface area contributed by atoms with Crippen molar-refractivity contribution in [3.63, 3.8) is 0 Å². The van der Waals surface area contributed by atoms with Crippen molar-refractivity contribution in [1.29, 1.82) is 0 Å². The Kier molecular flexibility index (Phi) is 2.58. The van der Waals surface area contributed by atoms with Gasteiger partial charge in [0, 0.05) is 25.5 Å². The van der Waals surface area contributed by atoms with E-state index >= 15 is 0 Å². The molecule has 1 aliphatic rings. The van der Waals surface area contributed by atoms with E-state index in [1.54, 1.807) is 12.3 Å². The fourth-order valence-electron chi connectivity index (χ4n) is 1.83. The molecular weight excluding hydrogens is 192 g/mol. The molecule has 0 bridgehead atoms. The average Bonchev–Trinajstić information content (AvgIpc) is 2.15. The first kappa shape index (κ1) is 9.96. The topological polar surface area (TPSA) is 53.4 Å². The summed E-state index contributed by atoms with van der Waals surface area (Å²) in [5.41, 5.74) is 1.05. The predicted octanol–water partition coefficient (Wildman–Crippen LogP) is 1.77. The molecule has 2 rings (SSSR count).